The van der Waals surface area contributed by atoms with E-state index in [1.165, 1.54) is 19.3 Å². The summed E-state index contributed by atoms with van der Waals surface area (Å²) in [5.74, 6) is 1.77. The van der Waals surface area contributed by atoms with E-state index in [1.54, 1.807) is 6.21 Å². The van der Waals surface area contributed by atoms with Crippen molar-refractivity contribution in [3.05, 3.63) is 5.69 Å². The Bertz CT molecular complexity index is 549. The van der Waals surface area contributed by atoms with Crippen LogP contribution in [0, 0.1) is 0 Å². The van der Waals surface area contributed by atoms with Gasteiger partial charge in [0.05, 0.1) is 11.8 Å². The van der Waals surface area contributed by atoms with Crippen molar-refractivity contribution >= 4 is 24.2 Å². The summed E-state index contributed by atoms with van der Waals surface area (Å²) in [5, 5.41) is 3.21. The predicted molar refractivity (Wildman–Crippen MR) is 70.6 cm³/mol. The standard InChI is InChI=1S/C12H16N6/c13-10-14-6-8-9(17-10)18-11(16-8)15-7-12(18)4-2-1-3-5-12/h6-7,10,17H,1-5,13H2. The summed E-state index contributed by atoms with van der Waals surface area (Å²) in [6, 6.07) is 0. The molecule has 3 heterocycles. The van der Waals surface area contributed by atoms with E-state index in [0.717, 1.165) is 30.3 Å². The van der Waals surface area contributed by atoms with Gasteiger partial charge < -0.3 is 5.32 Å². The maximum Gasteiger partial charge on any atom is 0.232 e. The van der Waals surface area contributed by atoms with Gasteiger partial charge in [0.15, 0.2) is 6.29 Å². The normalized spacial score (nSPS) is 27.1. The van der Waals surface area contributed by atoms with Gasteiger partial charge in [-0.2, -0.15) is 0 Å². The second-order valence-corrected chi connectivity index (χ2v) is 5.27. The van der Waals surface area contributed by atoms with Crippen LogP contribution >= 0.6 is 0 Å². The van der Waals surface area contributed by atoms with Crippen LogP contribution in [0.15, 0.2) is 9.98 Å². The van der Waals surface area contributed by atoms with E-state index < -0.39 is 0 Å². The van der Waals surface area contributed by atoms with Gasteiger partial charge in [-0.05, 0) is 12.8 Å². The van der Waals surface area contributed by atoms with Crippen LogP contribution in [0.2, 0.25) is 0 Å². The van der Waals surface area contributed by atoms with Crippen molar-refractivity contribution in [2.24, 2.45) is 15.7 Å². The Labute approximate surface area is 105 Å². The highest BCUT2D eigenvalue weighted by molar-refractivity contribution is 5.90. The lowest BCUT2D eigenvalue weighted by Gasteiger charge is -2.34. The number of rotatable bonds is 0. The van der Waals surface area contributed by atoms with Gasteiger partial charge in [0.1, 0.15) is 11.5 Å². The van der Waals surface area contributed by atoms with Crippen molar-refractivity contribution in [1.29, 1.82) is 0 Å². The number of hydrogen-bond donors (Lipinski definition) is 2. The van der Waals surface area contributed by atoms with Crippen molar-refractivity contribution < 1.29 is 0 Å². The number of nitrogens with zero attached hydrogens (tertiary/aromatic N) is 4. The first-order valence-corrected chi connectivity index (χ1v) is 6.52. The fourth-order valence-electron chi connectivity index (χ4n) is 3.24. The molecule has 6 nitrogen and oxygen atoms in total. The second kappa shape index (κ2) is 3.41. The number of anilines is 1. The number of nitrogens with one attached hydrogen (secondary N) is 1. The molecule has 3 N–H and O–H groups in total. The van der Waals surface area contributed by atoms with E-state index in [-0.39, 0.29) is 11.8 Å². The van der Waals surface area contributed by atoms with Crippen LogP contribution < -0.4 is 11.1 Å². The lowest BCUT2D eigenvalue weighted by molar-refractivity contribution is 0.301. The van der Waals surface area contributed by atoms with Crippen LogP contribution in [0.5, 0.6) is 0 Å². The summed E-state index contributed by atoms with van der Waals surface area (Å²) >= 11 is 0. The third-order valence-corrected chi connectivity index (χ3v) is 4.11. The fourth-order valence-corrected chi connectivity index (χ4v) is 3.24. The van der Waals surface area contributed by atoms with Gasteiger partial charge in [0, 0.05) is 6.21 Å². The van der Waals surface area contributed by atoms with Crippen molar-refractivity contribution in [3.8, 4) is 0 Å². The highest BCUT2D eigenvalue weighted by Crippen LogP contribution is 2.44. The zero-order chi connectivity index (χ0) is 12.2. The fraction of sp³-hybridized carbons (Fsp3) is 0.583. The summed E-state index contributed by atoms with van der Waals surface area (Å²) in [7, 11) is 0. The Morgan fingerprint density at radius 1 is 1.33 bits per heavy atom. The Balaban J connectivity index is 1.86. The molecule has 3 aliphatic rings. The first-order valence-electron chi connectivity index (χ1n) is 6.52. The predicted octanol–water partition coefficient (Wildman–Crippen LogP) is 1.35. The number of aromatic nitrogens is 2. The summed E-state index contributed by atoms with van der Waals surface area (Å²) < 4.78 is 2.23. The zero-order valence-electron chi connectivity index (χ0n) is 10.1. The van der Waals surface area contributed by atoms with Gasteiger partial charge in [-0.3, -0.25) is 15.3 Å². The summed E-state index contributed by atoms with van der Waals surface area (Å²) in [4.78, 5) is 13.1. The molecule has 0 amide bonds. The number of aliphatic imine (C=N–C) groups is 2. The number of nitrogens with two attached hydrogens (primary N) is 1. The van der Waals surface area contributed by atoms with E-state index in [9.17, 15) is 0 Å². The molecule has 1 aliphatic carbocycles. The Morgan fingerprint density at radius 2 is 2.17 bits per heavy atom. The molecule has 1 atom stereocenters. The van der Waals surface area contributed by atoms with Crippen molar-refractivity contribution in [3.63, 3.8) is 0 Å². The monoisotopic (exact) mass is 244 g/mol. The third-order valence-electron chi connectivity index (χ3n) is 4.11. The van der Waals surface area contributed by atoms with E-state index in [2.05, 4.69) is 31.1 Å². The maximum atomic E-state index is 5.83. The van der Waals surface area contributed by atoms with Crippen LogP contribution in [0.25, 0.3) is 0 Å². The van der Waals surface area contributed by atoms with Crippen LogP contribution in [0.4, 0.5) is 11.8 Å². The lowest BCUT2D eigenvalue weighted by atomic mass is 9.82. The molecular weight excluding hydrogens is 228 g/mol. The molecule has 1 spiro atoms. The van der Waals surface area contributed by atoms with Crippen LogP contribution in [-0.2, 0) is 5.54 Å². The molecule has 1 aromatic rings. The second-order valence-electron chi connectivity index (χ2n) is 5.27. The molecule has 1 unspecified atom stereocenters. The molecule has 94 valence electrons. The topological polar surface area (TPSA) is 80.6 Å². The molecule has 6 heteroatoms. The van der Waals surface area contributed by atoms with Crippen molar-refractivity contribution in [2.45, 2.75) is 43.9 Å². The molecule has 2 aliphatic heterocycles. The van der Waals surface area contributed by atoms with E-state index in [0.29, 0.717) is 0 Å². The number of hydrogen-bond acceptors (Lipinski definition) is 5. The van der Waals surface area contributed by atoms with Gasteiger partial charge in [0.25, 0.3) is 0 Å². The number of fused-ring (bicyclic) bond motifs is 4. The van der Waals surface area contributed by atoms with Gasteiger partial charge in [-0.25, -0.2) is 9.98 Å². The highest BCUT2D eigenvalue weighted by atomic mass is 15.4. The molecule has 0 saturated heterocycles. The first-order chi connectivity index (χ1) is 8.78. The maximum absolute atomic E-state index is 5.83. The quantitative estimate of drug-likeness (QED) is 0.722. The zero-order valence-corrected chi connectivity index (χ0v) is 10.1. The molecule has 1 saturated carbocycles. The van der Waals surface area contributed by atoms with E-state index in [4.69, 9.17) is 5.73 Å². The molecule has 1 aromatic heterocycles. The Kier molecular flexibility index (Phi) is 1.94. The molecule has 0 radical (unpaired) electrons. The largest absolute Gasteiger partial charge is 0.336 e. The van der Waals surface area contributed by atoms with Gasteiger partial charge in [-0.1, -0.05) is 19.3 Å². The minimum Gasteiger partial charge on any atom is -0.336 e. The van der Waals surface area contributed by atoms with E-state index >= 15 is 0 Å². The molecule has 18 heavy (non-hydrogen) atoms. The van der Waals surface area contributed by atoms with E-state index in [1.807, 2.05) is 0 Å². The smallest absolute Gasteiger partial charge is 0.232 e. The van der Waals surface area contributed by atoms with Gasteiger partial charge in [-0.15, -0.1) is 0 Å². The van der Waals surface area contributed by atoms with Gasteiger partial charge in [0.2, 0.25) is 5.95 Å². The Hall–Kier alpha value is -1.69. The molecule has 0 bridgehead atoms. The summed E-state index contributed by atoms with van der Waals surface area (Å²) in [6.07, 6.45) is 9.54. The lowest BCUT2D eigenvalue weighted by Crippen LogP contribution is -2.38. The average molecular weight is 244 g/mol. The third kappa shape index (κ3) is 1.23. The SMILES string of the molecule is NC1N=Cc2nc3n(c2N1)C1(C=N3)CCCCC1. The summed E-state index contributed by atoms with van der Waals surface area (Å²) in [6.45, 7) is 0. The van der Waals surface area contributed by atoms with Gasteiger partial charge >= 0.3 is 0 Å². The molecule has 0 aromatic carbocycles. The van der Waals surface area contributed by atoms with Crippen molar-refractivity contribution in [2.75, 3.05) is 5.32 Å². The average Bonchev–Trinajstić information content (AvgIpc) is 2.90. The first kappa shape index (κ1) is 10.3. The van der Waals surface area contributed by atoms with Crippen molar-refractivity contribution in [1.82, 2.24) is 9.55 Å². The molecular formula is C12H16N6. The van der Waals surface area contributed by atoms with Crippen LogP contribution in [0.1, 0.15) is 37.8 Å². The Morgan fingerprint density at radius 3 is 3.00 bits per heavy atom. The number of imidazole rings is 1. The minimum absolute atomic E-state index is 0.0199. The highest BCUT2D eigenvalue weighted by Gasteiger charge is 2.41. The molecule has 1 fully saturated rings. The summed E-state index contributed by atoms with van der Waals surface area (Å²) in [5.41, 5.74) is 6.70. The molecule has 4 rings (SSSR count). The minimum atomic E-state index is -0.375. The van der Waals surface area contributed by atoms with Crippen LogP contribution in [0.3, 0.4) is 0 Å². The van der Waals surface area contributed by atoms with Crippen LogP contribution in [-0.4, -0.2) is 28.3 Å².